The smallest absolute Gasteiger partial charge is 0.426 e. The predicted octanol–water partition coefficient (Wildman–Crippen LogP) is 3.60. The zero-order valence-corrected chi connectivity index (χ0v) is 12.4. The first-order valence-corrected chi connectivity index (χ1v) is 7.44. The summed E-state index contributed by atoms with van der Waals surface area (Å²) in [5.41, 5.74) is -4.69. The maximum absolute atomic E-state index is 12.8. The van der Waals surface area contributed by atoms with Gasteiger partial charge in [-0.25, -0.2) is 0 Å². The number of carbonyl (C=O) groups excluding carboxylic acids is 1. The highest BCUT2D eigenvalue weighted by atomic mass is 19.4. The summed E-state index contributed by atoms with van der Waals surface area (Å²) in [5.74, 6) is -1.94. The number of aliphatic hydroxyl groups is 1. The van der Waals surface area contributed by atoms with E-state index >= 15 is 0 Å². The molecule has 23 heavy (non-hydrogen) atoms. The number of alkyl halides is 6. The highest BCUT2D eigenvalue weighted by molar-refractivity contribution is 5.69. The molecule has 0 heterocycles. The second kappa shape index (κ2) is 5.82. The van der Waals surface area contributed by atoms with Gasteiger partial charge in [0.1, 0.15) is 6.10 Å². The summed E-state index contributed by atoms with van der Waals surface area (Å²) in [4.78, 5) is 11.3. The standard InChI is InChI=1S/C14H18F6O3/c1-2-11(21)23-10-5-7-3-8(10)4-9(7)6-12(22,13(15,16)17)14(18,19)20/h7-10,22H,2-6H2,1H3. The molecule has 0 spiro atoms. The fourth-order valence-electron chi connectivity index (χ4n) is 3.76. The van der Waals surface area contributed by atoms with E-state index in [9.17, 15) is 36.2 Å². The number of halogens is 6. The Morgan fingerprint density at radius 1 is 1.04 bits per heavy atom. The number of hydrogen-bond donors (Lipinski definition) is 1. The minimum Gasteiger partial charge on any atom is -0.462 e. The van der Waals surface area contributed by atoms with Crippen LogP contribution in [-0.2, 0) is 9.53 Å². The van der Waals surface area contributed by atoms with Crippen molar-refractivity contribution in [3.05, 3.63) is 0 Å². The number of carbonyl (C=O) groups is 1. The van der Waals surface area contributed by atoms with Crippen LogP contribution in [0.4, 0.5) is 26.3 Å². The molecule has 2 aliphatic rings. The fraction of sp³-hybridized carbons (Fsp3) is 0.929. The largest absolute Gasteiger partial charge is 0.462 e. The van der Waals surface area contributed by atoms with Crippen molar-refractivity contribution in [3.63, 3.8) is 0 Å². The Kier molecular flexibility index (Phi) is 4.65. The van der Waals surface area contributed by atoms with Crippen LogP contribution in [0.5, 0.6) is 0 Å². The molecule has 4 atom stereocenters. The lowest BCUT2D eigenvalue weighted by molar-refractivity contribution is -0.373. The monoisotopic (exact) mass is 348 g/mol. The van der Waals surface area contributed by atoms with Gasteiger partial charge < -0.3 is 9.84 Å². The normalized spacial score (nSPS) is 31.5. The second-order valence-electron chi connectivity index (χ2n) is 6.43. The molecule has 2 bridgehead atoms. The van der Waals surface area contributed by atoms with E-state index in [4.69, 9.17) is 4.74 Å². The molecule has 0 aromatic carbocycles. The molecule has 0 aromatic rings. The lowest BCUT2D eigenvalue weighted by atomic mass is 9.79. The van der Waals surface area contributed by atoms with Gasteiger partial charge in [0.15, 0.2) is 0 Å². The molecular weight excluding hydrogens is 330 g/mol. The van der Waals surface area contributed by atoms with Crippen molar-refractivity contribution in [2.24, 2.45) is 17.8 Å². The van der Waals surface area contributed by atoms with Gasteiger partial charge >= 0.3 is 18.3 Å². The van der Waals surface area contributed by atoms with Crippen LogP contribution in [0.1, 0.15) is 39.0 Å². The van der Waals surface area contributed by atoms with Crippen LogP contribution in [0.25, 0.3) is 0 Å². The first kappa shape index (κ1) is 18.4. The van der Waals surface area contributed by atoms with Gasteiger partial charge in [0.25, 0.3) is 5.60 Å². The number of esters is 1. The average Bonchev–Trinajstić information content (AvgIpc) is 2.95. The van der Waals surface area contributed by atoms with Crippen LogP contribution in [0.3, 0.4) is 0 Å². The minimum absolute atomic E-state index is 0.0980. The Morgan fingerprint density at radius 2 is 1.61 bits per heavy atom. The fourth-order valence-corrected chi connectivity index (χ4v) is 3.76. The summed E-state index contributed by atoms with van der Waals surface area (Å²) in [6, 6.07) is 0. The van der Waals surface area contributed by atoms with Gasteiger partial charge in [-0.05, 0) is 43.4 Å². The van der Waals surface area contributed by atoms with Crippen molar-refractivity contribution in [2.45, 2.75) is 63.1 Å². The average molecular weight is 348 g/mol. The summed E-state index contributed by atoms with van der Waals surface area (Å²) in [7, 11) is 0. The Labute approximate surface area is 129 Å². The predicted molar refractivity (Wildman–Crippen MR) is 66.2 cm³/mol. The molecule has 0 saturated heterocycles. The van der Waals surface area contributed by atoms with E-state index in [2.05, 4.69) is 0 Å². The van der Waals surface area contributed by atoms with Crippen LogP contribution in [0, 0.1) is 17.8 Å². The van der Waals surface area contributed by atoms with E-state index < -0.39 is 48.3 Å². The van der Waals surface area contributed by atoms with Gasteiger partial charge in [0, 0.05) is 6.42 Å². The third-order valence-corrected chi connectivity index (χ3v) is 5.01. The Bertz CT molecular complexity index is 444. The first-order chi connectivity index (χ1) is 10.4. The zero-order chi connectivity index (χ0) is 17.6. The van der Waals surface area contributed by atoms with E-state index in [-0.39, 0.29) is 25.2 Å². The maximum atomic E-state index is 12.8. The summed E-state index contributed by atoms with van der Waals surface area (Å²) in [6.07, 6.45) is -12.4. The van der Waals surface area contributed by atoms with E-state index in [0.717, 1.165) is 0 Å². The molecule has 134 valence electrons. The molecule has 2 saturated carbocycles. The molecule has 0 aliphatic heterocycles. The van der Waals surface area contributed by atoms with Gasteiger partial charge in [0.2, 0.25) is 0 Å². The molecule has 9 heteroatoms. The van der Waals surface area contributed by atoms with Crippen molar-refractivity contribution >= 4 is 5.97 Å². The molecule has 1 N–H and O–H groups in total. The van der Waals surface area contributed by atoms with Crippen molar-refractivity contribution < 1.29 is 41.0 Å². The molecule has 2 rings (SSSR count). The van der Waals surface area contributed by atoms with Gasteiger partial charge in [-0.15, -0.1) is 0 Å². The zero-order valence-electron chi connectivity index (χ0n) is 12.4. The van der Waals surface area contributed by atoms with Crippen LogP contribution in [-0.4, -0.2) is 35.1 Å². The Balaban J connectivity index is 2.05. The molecule has 3 nitrogen and oxygen atoms in total. The quantitative estimate of drug-likeness (QED) is 0.624. The summed E-state index contributed by atoms with van der Waals surface area (Å²) < 4.78 is 81.7. The SMILES string of the molecule is CCC(=O)OC1CC2CC1CC2CC(O)(C(F)(F)F)C(F)(F)F. The lowest BCUT2D eigenvalue weighted by Crippen LogP contribution is -2.58. The van der Waals surface area contributed by atoms with Crippen LogP contribution < -0.4 is 0 Å². The van der Waals surface area contributed by atoms with Gasteiger partial charge in [-0.2, -0.15) is 26.3 Å². The van der Waals surface area contributed by atoms with Crippen molar-refractivity contribution in [3.8, 4) is 0 Å². The molecular formula is C14H18F6O3. The van der Waals surface area contributed by atoms with Crippen molar-refractivity contribution in [1.29, 1.82) is 0 Å². The van der Waals surface area contributed by atoms with E-state index in [1.165, 1.54) is 0 Å². The molecule has 4 unspecified atom stereocenters. The molecule has 0 radical (unpaired) electrons. The summed E-state index contributed by atoms with van der Waals surface area (Å²) >= 11 is 0. The third-order valence-electron chi connectivity index (χ3n) is 5.01. The Hall–Kier alpha value is -0.990. The number of ether oxygens (including phenoxy) is 1. The Morgan fingerprint density at radius 3 is 2.00 bits per heavy atom. The number of hydrogen-bond acceptors (Lipinski definition) is 3. The number of fused-ring (bicyclic) bond motifs is 2. The molecule has 2 aliphatic carbocycles. The van der Waals surface area contributed by atoms with Gasteiger partial charge in [-0.1, -0.05) is 6.92 Å². The van der Waals surface area contributed by atoms with Crippen LogP contribution in [0.2, 0.25) is 0 Å². The van der Waals surface area contributed by atoms with Gasteiger partial charge in [-0.3, -0.25) is 4.79 Å². The molecule has 0 aromatic heterocycles. The summed E-state index contributed by atoms with van der Waals surface area (Å²) in [6.45, 7) is 1.60. The van der Waals surface area contributed by atoms with E-state index in [1.807, 2.05) is 0 Å². The topological polar surface area (TPSA) is 46.5 Å². The highest BCUT2D eigenvalue weighted by Crippen LogP contribution is 2.56. The van der Waals surface area contributed by atoms with Gasteiger partial charge in [0.05, 0.1) is 0 Å². The minimum atomic E-state index is -5.78. The number of rotatable bonds is 4. The van der Waals surface area contributed by atoms with Crippen LogP contribution in [0.15, 0.2) is 0 Å². The molecule has 0 amide bonds. The highest BCUT2D eigenvalue weighted by Gasteiger charge is 2.71. The van der Waals surface area contributed by atoms with Crippen molar-refractivity contribution in [2.75, 3.05) is 0 Å². The second-order valence-corrected chi connectivity index (χ2v) is 6.43. The maximum Gasteiger partial charge on any atom is 0.426 e. The first-order valence-electron chi connectivity index (χ1n) is 7.44. The van der Waals surface area contributed by atoms with Crippen molar-refractivity contribution in [1.82, 2.24) is 0 Å². The third kappa shape index (κ3) is 3.29. The molecule has 2 fully saturated rings. The van der Waals surface area contributed by atoms with E-state index in [0.29, 0.717) is 6.42 Å². The lowest BCUT2D eigenvalue weighted by Gasteiger charge is -2.37. The van der Waals surface area contributed by atoms with Crippen LogP contribution >= 0.6 is 0 Å². The summed E-state index contributed by atoms with van der Waals surface area (Å²) in [5, 5.41) is 9.29. The van der Waals surface area contributed by atoms with E-state index in [1.54, 1.807) is 6.92 Å².